The molecule has 5 rings (SSSR count). The topological polar surface area (TPSA) is 135 Å². The number of aliphatic hydroxyl groups excluding tert-OH is 1. The fourth-order valence-electron chi connectivity index (χ4n) is 4.77. The summed E-state index contributed by atoms with van der Waals surface area (Å²) in [6.45, 7) is 3.39. The number of pyridine rings is 1. The third kappa shape index (κ3) is 5.21. The number of rotatable bonds is 8. The fourth-order valence-corrected chi connectivity index (χ4v) is 4.77. The molecule has 0 saturated carbocycles. The molecule has 2 aliphatic rings. The Morgan fingerprint density at radius 3 is 2.86 bits per heavy atom. The van der Waals surface area contributed by atoms with Crippen LogP contribution in [0.5, 0.6) is 5.88 Å². The molecular formula is C24H29N7O4. The molecule has 2 atom stereocenters. The minimum atomic E-state index is -0.464. The molecule has 0 unspecified atom stereocenters. The maximum absolute atomic E-state index is 12.5. The maximum Gasteiger partial charge on any atom is 0.270 e. The van der Waals surface area contributed by atoms with Crippen LogP contribution < -0.4 is 15.6 Å². The van der Waals surface area contributed by atoms with E-state index in [1.54, 1.807) is 16.7 Å². The molecule has 4 heterocycles. The first-order valence-corrected chi connectivity index (χ1v) is 11.9. The molecule has 11 heteroatoms. The summed E-state index contributed by atoms with van der Waals surface area (Å²) in [7, 11) is 1.53. The number of aromatic nitrogens is 5. The normalized spacial score (nSPS) is 20.3. The van der Waals surface area contributed by atoms with Crippen molar-refractivity contribution in [1.82, 2.24) is 34.7 Å². The second-order valence-corrected chi connectivity index (χ2v) is 9.14. The van der Waals surface area contributed by atoms with Crippen molar-refractivity contribution in [3.05, 3.63) is 52.0 Å². The Bertz CT molecular complexity index is 1290. The van der Waals surface area contributed by atoms with Gasteiger partial charge in [0.15, 0.2) is 5.65 Å². The monoisotopic (exact) mass is 479 g/mol. The summed E-state index contributed by atoms with van der Waals surface area (Å²) in [4.78, 5) is 43.8. The number of carbonyl (C=O) groups is 1. The Labute approximate surface area is 202 Å². The standard InChI is InChI=1S/C24H29N7O4/c1-35-22-5-4-18-24(29-22)31(23(34)12-26-18)7-6-30-13-16(20(33)14-30)9-25-11-21-27-10-15-2-3-17(32)8-19(15)28-21/h4-5,10,12,16,20,25,33H,2-3,6-9,11,13-14H2,1H3/t16-,20+/m0/s1. The van der Waals surface area contributed by atoms with Gasteiger partial charge in [-0.3, -0.25) is 19.1 Å². The highest BCUT2D eigenvalue weighted by molar-refractivity contribution is 5.82. The number of hydrogen-bond donors (Lipinski definition) is 2. The molecule has 0 radical (unpaired) electrons. The lowest BCUT2D eigenvalue weighted by Crippen LogP contribution is -2.32. The van der Waals surface area contributed by atoms with Crippen LogP contribution in [0.2, 0.25) is 0 Å². The molecule has 1 fully saturated rings. The van der Waals surface area contributed by atoms with Gasteiger partial charge in [0.05, 0.1) is 31.6 Å². The van der Waals surface area contributed by atoms with E-state index in [1.165, 1.54) is 13.3 Å². The molecule has 11 nitrogen and oxygen atoms in total. The molecule has 1 saturated heterocycles. The number of carbonyl (C=O) groups excluding carboxylic acids is 1. The SMILES string of the molecule is COc1ccc2ncc(=O)n(CCN3C[C@H](CNCc4ncc5c(n4)CC(=O)CC5)[C@H](O)C3)c2n1. The van der Waals surface area contributed by atoms with Gasteiger partial charge in [0.2, 0.25) is 5.88 Å². The number of β-amino-alcohol motifs (C(OH)–C–C–N with tert-alkyl or cyclic N) is 1. The zero-order valence-corrected chi connectivity index (χ0v) is 19.7. The molecule has 35 heavy (non-hydrogen) atoms. The zero-order chi connectivity index (χ0) is 24.4. The van der Waals surface area contributed by atoms with Gasteiger partial charge >= 0.3 is 0 Å². The van der Waals surface area contributed by atoms with E-state index in [0.29, 0.717) is 75.0 Å². The lowest BCUT2D eigenvalue weighted by atomic mass is 9.96. The number of Topliss-reactive ketones (excluding diaryl/α,β-unsaturated/α-hetero) is 1. The molecule has 3 aromatic heterocycles. The predicted molar refractivity (Wildman–Crippen MR) is 127 cm³/mol. The highest BCUT2D eigenvalue weighted by Crippen LogP contribution is 2.19. The van der Waals surface area contributed by atoms with Gasteiger partial charge in [0, 0.05) is 63.7 Å². The predicted octanol–water partition coefficient (Wildman–Crippen LogP) is -0.270. The largest absolute Gasteiger partial charge is 0.481 e. The van der Waals surface area contributed by atoms with E-state index in [4.69, 9.17) is 4.74 Å². The minimum Gasteiger partial charge on any atom is -0.481 e. The number of aryl methyl sites for hydroxylation is 1. The van der Waals surface area contributed by atoms with Gasteiger partial charge in [-0.15, -0.1) is 0 Å². The van der Waals surface area contributed by atoms with Gasteiger partial charge in [-0.2, -0.15) is 4.98 Å². The van der Waals surface area contributed by atoms with E-state index in [1.807, 2.05) is 6.20 Å². The van der Waals surface area contributed by atoms with E-state index >= 15 is 0 Å². The number of nitrogens with zero attached hydrogens (tertiary/aromatic N) is 6. The van der Waals surface area contributed by atoms with Crippen molar-refractivity contribution in [2.24, 2.45) is 5.92 Å². The summed E-state index contributed by atoms with van der Waals surface area (Å²) in [5.41, 5.74) is 2.79. The first-order chi connectivity index (χ1) is 17.0. The van der Waals surface area contributed by atoms with E-state index in [-0.39, 0.29) is 17.3 Å². The van der Waals surface area contributed by atoms with Crippen molar-refractivity contribution < 1.29 is 14.6 Å². The number of fused-ring (bicyclic) bond motifs is 2. The summed E-state index contributed by atoms with van der Waals surface area (Å²) in [6.07, 6.45) is 4.35. The van der Waals surface area contributed by atoms with Crippen LogP contribution in [0.25, 0.3) is 11.2 Å². The van der Waals surface area contributed by atoms with E-state index < -0.39 is 6.10 Å². The van der Waals surface area contributed by atoms with Gasteiger partial charge < -0.3 is 15.2 Å². The molecule has 2 N–H and O–H groups in total. The van der Waals surface area contributed by atoms with Gasteiger partial charge in [0.25, 0.3) is 5.56 Å². The number of ether oxygens (including phenoxy) is 1. The fraction of sp³-hybridized carbons (Fsp3) is 0.500. The van der Waals surface area contributed by atoms with Gasteiger partial charge in [0.1, 0.15) is 17.1 Å². The van der Waals surface area contributed by atoms with Crippen molar-refractivity contribution in [3.8, 4) is 5.88 Å². The summed E-state index contributed by atoms with van der Waals surface area (Å²) >= 11 is 0. The quantitative estimate of drug-likeness (QED) is 0.444. The van der Waals surface area contributed by atoms with Crippen LogP contribution in [0, 0.1) is 5.92 Å². The lowest BCUT2D eigenvalue weighted by Gasteiger charge is -2.17. The summed E-state index contributed by atoms with van der Waals surface area (Å²) in [5, 5.41) is 13.9. The lowest BCUT2D eigenvalue weighted by molar-refractivity contribution is -0.118. The molecule has 0 aromatic carbocycles. The van der Waals surface area contributed by atoms with Crippen molar-refractivity contribution in [3.63, 3.8) is 0 Å². The molecule has 3 aromatic rings. The second kappa shape index (κ2) is 10.1. The van der Waals surface area contributed by atoms with E-state index in [0.717, 1.165) is 17.7 Å². The van der Waals surface area contributed by atoms with Crippen LogP contribution in [0.1, 0.15) is 23.5 Å². The van der Waals surface area contributed by atoms with Crippen LogP contribution in [0.15, 0.2) is 29.3 Å². The van der Waals surface area contributed by atoms with Gasteiger partial charge in [-0.05, 0) is 18.1 Å². The number of nitrogens with one attached hydrogen (secondary N) is 1. The average molecular weight is 480 g/mol. The second-order valence-electron chi connectivity index (χ2n) is 9.14. The van der Waals surface area contributed by atoms with Crippen molar-refractivity contribution in [1.29, 1.82) is 0 Å². The van der Waals surface area contributed by atoms with E-state index in [2.05, 4.69) is 30.2 Å². The maximum atomic E-state index is 12.5. The number of ketones is 1. The summed E-state index contributed by atoms with van der Waals surface area (Å²) < 4.78 is 6.79. The van der Waals surface area contributed by atoms with Crippen molar-refractivity contribution in [2.75, 3.05) is 33.3 Å². The van der Waals surface area contributed by atoms with Crippen LogP contribution in [0.4, 0.5) is 0 Å². The Hall–Kier alpha value is -3.28. The average Bonchev–Trinajstić information content (AvgIpc) is 3.21. The van der Waals surface area contributed by atoms with E-state index in [9.17, 15) is 14.7 Å². The first kappa shape index (κ1) is 23.5. The molecule has 0 bridgehead atoms. The van der Waals surface area contributed by atoms with Crippen LogP contribution in [0.3, 0.4) is 0 Å². The number of aliphatic hydroxyl groups is 1. The van der Waals surface area contributed by atoms with Crippen LogP contribution in [-0.4, -0.2) is 79.7 Å². The van der Waals surface area contributed by atoms with Crippen molar-refractivity contribution >= 4 is 16.9 Å². The molecule has 184 valence electrons. The van der Waals surface area contributed by atoms with Gasteiger partial charge in [-0.25, -0.2) is 15.0 Å². The summed E-state index contributed by atoms with van der Waals surface area (Å²) in [6, 6.07) is 3.50. The molecule has 0 spiro atoms. The zero-order valence-electron chi connectivity index (χ0n) is 19.7. The first-order valence-electron chi connectivity index (χ1n) is 11.9. The third-order valence-corrected chi connectivity index (χ3v) is 6.73. The third-order valence-electron chi connectivity index (χ3n) is 6.73. The Kier molecular flexibility index (Phi) is 6.80. The Balaban J connectivity index is 1.16. The summed E-state index contributed by atoms with van der Waals surface area (Å²) in [5.74, 6) is 1.37. The molecular weight excluding hydrogens is 450 g/mol. The highest BCUT2D eigenvalue weighted by Gasteiger charge is 2.31. The van der Waals surface area contributed by atoms with Crippen molar-refractivity contribution in [2.45, 2.75) is 38.5 Å². The molecule has 0 amide bonds. The smallest absolute Gasteiger partial charge is 0.270 e. The molecule has 1 aliphatic heterocycles. The highest BCUT2D eigenvalue weighted by atomic mass is 16.5. The van der Waals surface area contributed by atoms with Crippen LogP contribution in [-0.2, 0) is 30.7 Å². The Morgan fingerprint density at radius 2 is 2.00 bits per heavy atom. The van der Waals surface area contributed by atoms with Gasteiger partial charge in [-0.1, -0.05) is 0 Å². The van der Waals surface area contributed by atoms with Crippen LogP contribution >= 0.6 is 0 Å². The number of hydrogen-bond acceptors (Lipinski definition) is 10. The number of methoxy groups -OCH3 is 1. The molecule has 1 aliphatic carbocycles. The Morgan fingerprint density at radius 1 is 1.11 bits per heavy atom. The number of likely N-dealkylation sites (tertiary alicyclic amines) is 1. The minimum absolute atomic E-state index is 0.0540.